The van der Waals surface area contributed by atoms with Crippen molar-refractivity contribution >= 4 is 0 Å². The first-order valence-electron chi connectivity index (χ1n) is 6.41. The van der Waals surface area contributed by atoms with Crippen LogP contribution in [0, 0.1) is 5.41 Å². The number of benzene rings is 1. The number of hydrogen-bond acceptors (Lipinski definition) is 2. The second-order valence-corrected chi connectivity index (χ2v) is 5.87. The van der Waals surface area contributed by atoms with Crippen molar-refractivity contribution in [2.45, 2.75) is 27.3 Å². The van der Waals surface area contributed by atoms with E-state index in [2.05, 4.69) is 44.4 Å². The van der Waals surface area contributed by atoms with Crippen molar-refractivity contribution in [3.8, 4) is 5.75 Å². The topological polar surface area (TPSA) is 12.5 Å². The van der Waals surface area contributed by atoms with Crippen LogP contribution in [-0.2, 0) is 6.54 Å². The zero-order valence-electron chi connectivity index (χ0n) is 12.1. The second-order valence-electron chi connectivity index (χ2n) is 5.87. The molecule has 0 aliphatic rings. The van der Waals surface area contributed by atoms with E-state index in [4.69, 9.17) is 4.74 Å². The van der Waals surface area contributed by atoms with Gasteiger partial charge in [-0.05, 0) is 23.1 Å². The van der Waals surface area contributed by atoms with Gasteiger partial charge in [-0.25, -0.2) is 0 Å². The standard InChI is InChI=1S/C16H25NO/c1-6-11-17(13-16(2,3)4)12-14-7-9-15(18-5)10-8-14/h6-10H,1,11-13H2,2-5H3. The van der Waals surface area contributed by atoms with Gasteiger partial charge in [-0.2, -0.15) is 0 Å². The van der Waals surface area contributed by atoms with E-state index in [0.29, 0.717) is 5.41 Å². The van der Waals surface area contributed by atoms with E-state index in [-0.39, 0.29) is 0 Å². The van der Waals surface area contributed by atoms with Crippen molar-refractivity contribution in [2.24, 2.45) is 5.41 Å². The SMILES string of the molecule is C=CCN(Cc1ccc(OC)cc1)CC(C)(C)C. The van der Waals surface area contributed by atoms with Gasteiger partial charge in [0, 0.05) is 19.6 Å². The van der Waals surface area contributed by atoms with E-state index in [1.54, 1.807) is 7.11 Å². The molecule has 2 nitrogen and oxygen atoms in total. The number of rotatable bonds is 6. The zero-order chi connectivity index (χ0) is 13.6. The number of methoxy groups -OCH3 is 1. The van der Waals surface area contributed by atoms with Gasteiger partial charge >= 0.3 is 0 Å². The Morgan fingerprint density at radius 2 is 1.83 bits per heavy atom. The number of ether oxygens (including phenoxy) is 1. The van der Waals surface area contributed by atoms with Gasteiger partial charge in [0.05, 0.1) is 7.11 Å². The smallest absolute Gasteiger partial charge is 0.118 e. The lowest BCUT2D eigenvalue weighted by atomic mass is 9.96. The Labute approximate surface area is 111 Å². The maximum absolute atomic E-state index is 5.17. The van der Waals surface area contributed by atoms with Crippen LogP contribution in [0.2, 0.25) is 0 Å². The highest BCUT2D eigenvalue weighted by Crippen LogP contribution is 2.18. The van der Waals surface area contributed by atoms with E-state index in [1.807, 2.05) is 18.2 Å². The van der Waals surface area contributed by atoms with E-state index in [1.165, 1.54) is 5.56 Å². The summed E-state index contributed by atoms with van der Waals surface area (Å²) in [6.07, 6.45) is 1.97. The number of nitrogens with zero attached hydrogens (tertiary/aromatic N) is 1. The van der Waals surface area contributed by atoms with Gasteiger partial charge in [0.1, 0.15) is 5.75 Å². The first-order chi connectivity index (χ1) is 8.44. The van der Waals surface area contributed by atoms with Gasteiger partial charge in [-0.1, -0.05) is 39.0 Å². The Kier molecular flexibility index (Phi) is 5.42. The molecule has 0 saturated carbocycles. The molecule has 0 spiro atoms. The van der Waals surface area contributed by atoms with Crippen LogP contribution in [0.15, 0.2) is 36.9 Å². The molecule has 0 atom stereocenters. The molecule has 0 aliphatic heterocycles. The van der Waals surface area contributed by atoms with E-state index in [9.17, 15) is 0 Å². The average molecular weight is 247 g/mol. The van der Waals surface area contributed by atoms with Crippen molar-refractivity contribution in [3.05, 3.63) is 42.5 Å². The summed E-state index contributed by atoms with van der Waals surface area (Å²) in [5.41, 5.74) is 1.61. The van der Waals surface area contributed by atoms with Crippen LogP contribution in [0.3, 0.4) is 0 Å². The predicted octanol–water partition coefficient (Wildman–Crippen LogP) is 3.73. The molecular formula is C16H25NO. The summed E-state index contributed by atoms with van der Waals surface area (Å²) in [6, 6.07) is 8.27. The summed E-state index contributed by atoms with van der Waals surface area (Å²) in [5, 5.41) is 0. The van der Waals surface area contributed by atoms with E-state index < -0.39 is 0 Å². The third-order valence-corrected chi connectivity index (χ3v) is 2.65. The van der Waals surface area contributed by atoms with Crippen molar-refractivity contribution in [1.29, 1.82) is 0 Å². The quantitative estimate of drug-likeness (QED) is 0.710. The van der Waals surface area contributed by atoms with E-state index >= 15 is 0 Å². The van der Waals surface area contributed by atoms with Gasteiger partial charge in [0.25, 0.3) is 0 Å². The highest BCUT2D eigenvalue weighted by Gasteiger charge is 2.15. The molecule has 1 aromatic carbocycles. The first kappa shape index (κ1) is 14.8. The van der Waals surface area contributed by atoms with Crippen LogP contribution in [0.25, 0.3) is 0 Å². The molecule has 0 saturated heterocycles. The fourth-order valence-electron chi connectivity index (χ4n) is 2.03. The lowest BCUT2D eigenvalue weighted by molar-refractivity contribution is 0.201. The summed E-state index contributed by atoms with van der Waals surface area (Å²) in [7, 11) is 1.69. The van der Waals surface area contributed by atoms with Gasteiger partial charge in [-0.15, -0.1) is 6.58 Å². The van der Waals surface area contributed by atoms with Gasteiger partial charge in [0.15, 0.2) is 0 Å². The summed E-state index contributed by atoms with van der Waals surface area (Å²) in [4.78, 5) is 2.41. The monoisotopic (exact) mass is 247 g/mol. The molecule has 18 heavy (non-hydrogen) atoms. The van der Waals surface area contributed by atoms with Gasteiger partial charge in [-0.3, -0.25) is 4.90 Å². The predicted molar refractivity (Wildman–Crippen MR) is 77.9 cm³/mol. The minimum Gasteiger partial charge on any atom is -0.497 e. The molecule has 1 aromatic rings. The Hall–Kier alpha value is -1.28. The molecule has 0 bridgehead atoms. The molecule has 0 radical (unpaired) electrons. The average Bonchev–Trinajstić information content (AvgIpc) is 2.28. The Bertz CT molecular complexity index is 362. The van der Waals surface area contributed by atoms with Gasteiger partial charge < -0.3 is 4.74 Å². The first-order valence-corrected chi connectivity index (χ1v) is 6.41. The van der Waals surface area contributed by atoms with Crippen LogP contribution < -0.4 is 4.74 Å². The molecule has 0 aromatic heterocycles. The Balaban J connectivity index is 2.66. The second kappa shape index (κ2) is 6.60. The molecule has 0 fully saturated rings. The fourth-order valence-corrected chi connectivity index (χ4v) is 2.03. The molecule has 0 N–H and O–H groups in total. The number of hydrogen-bond donors (Lipinski definition) is 0. The lowest BCUT2D eigenvalue weighted by Gasteiger charge is -2.29. The van der Waals surface area contributed by atoms with Crippen molar-refractivity contribution in [1.82, 2.24) is 4.90 Å². The lowest BCUT2D eigenvalue weighted by Crippen LogP contribution is -2.32. The maximum Gasteiger partial charge on any atom is 0.118 e. The highest BCUT2D eigenvalue weighted by molar-refractivity contribution is 5.27. The molecule has 0 amide bonds. The van der Waals surface area contributed by atoms with E-state index in [0.717, 1.165) is 25.4 Å². The summed E-state index contributed by atoms with van der Waals surface area (Å²) in [5.74, 6) is 0.907. The van der Waals surface area contributed by atoms with Crippen molar-refractivity contribution in [3.63, 3.8) is 0 Å². The third kappa shape index (κ3) is 5.37. The summed E-state index contributed by atoms with van der Waals surface area (Å²) >= 11 is 0. The largest absolute Gasteiger partial charge is 0.497 e. The maximum atomic E-state index is 5.17. The van der Waals surface area contributed by atoms with Crippen molar-refractivity contribution in [2.75, 3.05) is 20.2 Å². The van der Waals surface area contributed by atoms with Crippen LogP contribution in [0.4, 0.5) is 0 Å². The van der Waals surface area contributed by atoms with Crippen LogP contribution in [0.1, 0.15) is 26.3 Å². The third-order valence-electron chi connectivity index (χ3n) is 2.65. The molecule has 0 heterocycles. The minimum absolute atomic E-state index is 0.301. The summed E-state index contributed by atoms with van der Waals surface area (Å²) < 4.78 is 5.17. The Morgan fingerprint density at radius 1 is 1.22 bits per heavy atom. The minimum atomic E-state index is 0.301. The Morgan fingerprint density at radius 3 is 2.28 bits per heavy atom. The highest BCUT2D eigenvalue weighted by atomic mass is 16.5. The fraction of sp³-hybridized carbons (Fsp3) is 0.500. The van der Waals surface area contributed by atoms with Crippen LogP contribution >= 0.6 is 0 Å². The normalized spacial score (nSPS) is 11.6. The zero-order valence-corrected chi connectivity index (χ0v) is 12.1. The van der Waals surface area contributed by atoms with Gasteiger partial charge in [0.2, 0.25) is 0 Å². The molecule has 2 heteroatoms. The van der Waals surface area contributed by atoms with Crippen LogP contribution in [0.5, 0.6) is 5.75 Å². The molecule has 0 unspecified atom stereocenters. The summed E-state index contributed by atoms with van der Waals surface area (Å²) in [6.45, 7) is 13.6. The van der Waals surface area contributed by atoms with Crippen LogP contribution in [-0.4, -0.2) is 25.1 Å². The molecule has 100 valence electrons. The molecule has 1 rings (SSSR count). The molecule has 0 aliphatic carbocycles. The molecular weight excluding hydrogens is 222 g/mol. The van der Waals surface area contributed by atoms with Crippen molar-refractivity contribution < 1.29 is 4.74 Å².